The van der Waals surface area contributed by atoms with Crippen LogP contribution in [-0.2, 0) is 0 Å². The van der Waals surface area contributed by atoms with Crippen LogP contribution in [0.15, 0.2) is 6.20 Å². The molecule has 0 aromatic carbocycles. The number of carboxylic acids is 1. The van der Waals surface area contributed by atoms with Crippen LogP contribution >= 0.6 is 0 Å². The Morgan fingerprint density at radius 1 is 1.42 bits per heavy atom. The highest BCUT2D eigenvalue weighted by Gasteiger charge is 2.12. The highest BCUT2D eigenvalue weighted by molar-refractivity contribution is 5.90. The first-order valence-electron chi connectivity index (χ1n) is 3.70. The monoisotopic (exact) mass is 165 g/mol. The first kappa shape index (κ1) is 8.71. The van der Waals surface area contributed by atoms with E-state index in [1.165, 1.54) is 0 Å². The summed E-state index contributed by atoms with van der Waals surface area (Å²) in [5.41, 5.74) is 2.62. The van der Waals surface area contributed by atoms with Gasteiger partial charge in [0.1, 0.15) is 0 Å². The average molecular weight is 165 g/mol. The lowest BCUT2D eigenvalue weighted by molar-refractivity contribution is 0.0694. The van der Waals surface area contributed by atoms with Crippen LogP contribution in [-0.4, -0.2) is 16.1 Å². The molecule has 3 nitrogen and oxygen atoms in total. The molecular weight excluding hydrogens is 154 g/mol. The zero-order chi connectivity index (χ0) is 9.30. The molecule has 1 aromatic heterocycles. The summed E-state index contributed by atoms with van der Waals surface area (Å²) in [5, 5.41) is 8.83. The number of hydrogen-bond acceptors (Lipinski definition) is 2. The van der Waals surface area contributed by atoms with Gasteiger partial charge in [0.2, 0.25) is 0 Å². The van der Waals surface area contributed by atoms with Crippen molar-refractivity contribution < 1.29 is 9.90 Å². The van der Waals surface area contributed by atoms with Gasteiger partial charge in [-0.25, -0.2) is 4.79 Å². The van der Waals surface area contributed by atoms with E-state index < -0.39 is 5.97 Å². The molecule has 0 aliphatic carbocycles. The van der Waals surface area contributed by atoms with Crippen molar-refractivity contribution in [2.24, 2.45) is 0 Å². The molecule has 0 unspecified atom stereocenters. The van der Waals surface area contributed by atoms with Gasteiger partial charge in [-0.15, -0.1) is 0 Å². The number of aromatic carboxylic acids is 1. The Morgan fingerprint density at radius 2 is 2.00 bits per heavy atom. The van der Waals surface area contributed by atoms with E-state index in [4.69, 9.17) is 5.11 Å². The standard InChI is InChI=1S/C9H11NO2/c1-5-4-10-7(3)8(6(5)2)9(11)12/h4H,1-3H3,(H,11,12). The molecule has 0 atom stereocenters. The maximum atomic E-state index is 10.8. The fourth-order valence-electron chi connectivity index (χ4n) is 1.14. The molecule has 0 fully saturated rings. The highest BCUT2D eigenvalue weighted by atomic mass is 16.4. The summed E-state index contributed by atoms with van der Waals surface area (Å²) in [4.78, 5) is 14.7. The Bertz CT molecular complexity index is 332. The molecular formula is C9H11NO2. The second-order valence-electron chi connectivity index (χ2n) is 2.83. The topological polar surface area (TPSA) is 50.2 Å². The summed E-state index contributed by atoms with van der Waals surface area (Å²) in [5.74, 6) is -0.902. The van der Waals surface area contributed by atoms with Gasteiger partial charge in [0, 0.05) is 6.20 Å². The Kier molecular flexibility index (Phi) is 2.13. The van der Waals surface area contributed by atoms with Gasteiger partial charge < -0.3 is 5.11 Å². The molecule has 12 heavy (non-hydrogen) atoms. The molecule has 0 aliphatic heterocycles. The van der Waals surface area contributed by atoms with E-state index in [1.54, 1.807) is 20.0 Å². The van der Waals surface area contributed by atoms with Gasteiger partial charge in [0.25, 0.3) is 0 Å². The van der Waals surface area contributed by atoms with Crippen LogP contribution in [0.1, 0.15) is 27.2 Å². The van der Waals surface area contributed by atoms with E-state index in [-0.39, 0.29) is 0 Å². The normalized spacial score (nSPS) is 9.92. The van der Waals surface area contributed by atoms with Crippen molar-refractivity contribution in [1.82, 2.24) is 4.98 Å². The molecule has 3 heteroatoms. The number of pyridine rings is 1. The van der Waals surface area contributed by atoms with Crippen molar-refractivity contribution in [3.8, 4) is 0 Å². The fraction of sp³-hybridized carbons (Fsp3) is 0.333. The van der Waals surface area contributed by atoms with Crippen molar-refractivity contribution in [3.05, 3.63) is 28.6 Å². The largest absolute Gasteiger partial charge is 0.478 e. The maximum Gasteiger partial charge on any atom is 0.337 e. The van der Waals surface area contributed by atoms with Crippen LogP contribution < -0.4 is 0 Å². The summed E-state index contributed by atoms with van der Waals surface area (Å²) in [7, 11) is 0. The van der Waals surface area contributed by atoms with Crippen LogP contribution in [0.5, 0.6) is 0 Å². The Morgan fingerprint density at radius 3 is 2.42 bits per heavy atom. The van der Waals surface area contributed by atoms with Crippen molar-refractivity contribution in [2.45, 2.75) is 20.8 Å². The van der Waals surface area contributed by atoms with Crippen LogP contribution in [0.3, 0.4) is 0 Å². The molecule has 1 N–H and O–H groups in total. The maximum absolute atomic E-state index is 10.8. The minimum Gasteiger partial charge on any atom is -0.478 e. The lowest BCUT2D eigenvalue weighted by atomic mass is 10.0. The van der Waals surface area contributed by atoms with E-state index >= 15 is 0 Å². The molecule has 0 amide bonds. The predicted octanol–water partition coefficient (Wildman–Crippen LogP) is 1.71. The van der Waals surface area contributed by atoms with Gasteiger partial charge in [0.05, 0.1) is 11.3 Å². The van der Waals surface area contributed by atoms with E-state index in [1.807, 2.05) is 6.92 Å². The van der Waals surface area contributed by atoms with Crippen LogP contribution in [0, 0.1) is 20.8 Å². The highest BCUT2D eigenvalue weighted by Crippen LogP contribution is 2.14. The summed E-state index contributed by atoms with van der Waals surface area (Å²) in [6, 6.07) is 0. The number of carboxylic acid groups (broad SMARTS) is 1. The van der Waals surface area contributed by atoms with Crippen LogP contribution in [0.25, 0.3) is 0 Å². The van der Waals surface area contributed by atoms with Crippen LogP contribution in [0.4, 0.5) is 0 Å². The van der Waals surface area contributed by atoms with E-state index in [9.17, 15) is 4.79 Å². The van der Waals surface area contributed by atoms with Gasteiger partial charge in [-0.05, 0) is 31.9 Å². The summed E-state index contributed by atoms with van der Waals surface area (Å²) in [6.45, 7) is 5.36. The first-order chi connectivity index (χ1) is 5.54. The van der Waals surface area contributed by atoms with Crippen molar-refractivity contribution in [1.29, 1.82) is 0 Å². The number of nitrogens with zero attached hydrogens (tertiary/aromatic N) is 1. The summed E-state index contributed by atoms with van der Waals surface area (Å²) in [6.07, 6.45) is 1.69. The third-order valence-electron chi connectivity index (χ3n) is 1.99. The van der Waals surface area contributed by atoms with Gasteiger partial charge in [-0.3, -0.25) is 4.98 Å². The number of aromatic nitrogens is 1. The zero-order valence-corrected chi connectivity index (χ0v) is 7.38. The molecule has 1 rings (SSSR count). The molecule has 0 aliphatic rings. The van der Waals surface area contributed by atoms with Crippen molar-refractivity contribution >= 4 is 5.97 Å². The predicted molar refractivity (Wildman–Crippen MR) is 45.4 cm³/mol. The fourth-order valence-corrected chi connectivity index (χ4v) is 1.14. The number of rotatable bonds is 1. The quantitative estimate of drug-likeness (QED) is 0.689. The summed E-state index contributed by atoms with van der Waals surface area (Å²) < 4.78 is 0. The second kappa shape index (κ2) is 2.93. The van der Waals surface area contributed by atoms with Crippen molar-refractivity contribution in [3.63, 3.8) is 0 Å². The molecule has 0 spiro atoms. The lowest BCUT2D eigenvalue weighted by Gasteiger charge is -2.06. The molecule has 0 saturated carbocycles. The van der Waals surface area contributed by atoms with Gasteiger partial charge in [-0.2, -0.15) is 0 Å². The third kappa shape index (κ3) is 1.30. The molecule has 0 radical (unpaired) electrons. The van der Waals surface area contributed by atoms with Gasteiger partial charge in [0.15, 0.2) is 0 Å². The number of hydrogen-bond donors (Lipinski definition) is 1. The van der Waals surface area contributed by atoms with E-state index in [0.29, 0.717) is 11.3 Å². The summed E-state index contributed by atoms with van der Waals surface area (Å²) >= 11 is 0. The Labute approximate surface area is 71.1 Å². The van der Waals surface area contributed by atoms with Crippen molar-refractivity contribution in [2.75, 3.05) is 0 Å². The minimum absolute atomic E-state index is 0.329. The number of aryl methyl sites for hydroxylation is 2. The number of carbonyl (C=O) groups is 1. The van der Waals surface area contributed by atoms with Crippen LogP contribution in [0.2, 0.25) is 0 Å². The average Bonchev–Trinajstić information content (AvgIpc) is 1.97. The van der Waals surface area contributed by atoms with Gasteiger partial charge in [-0.1, -0.05) is 0 Å². The zero-order valence-electron chi connectivity index (χ0n) is 7.38. The molecule has 1 heterocycles. The molecule has 0 bridgehead atoms. The van der Waals surface area contributed by atoms with E-state index in [2.05, 4.69) is 4.98 Å². The smallest absolute Gasteiger partial charge is 0.337 e. The third-order valence-corrected chi connectivity index (χ3v) is 1.99. The van der Waals surface area contributed by atoms with Gasteiger partial charge >= 0.3 is 5.97 Å². The molecule has 64 valence electrons. The Hall–Kier alpha value is -1.38. The first-order valence-corrected chi connectivity index (χ1v) is 3.70. The Balaban J connectivity index is 3.43. The molecule has 1 aromatic rings. The lowest BCUT2D eigenvalue weighted by Crippen LogP contribution is -2.06. The SMILES string of the molecule is Cc1cnc(C)c(C(=O)O)c1C. The molecule has 0 saturated heterocycles. The minimum atomic E-state index is -0.902. The van der Waals surface area contributed by atoms with E-state index in [0.717, 1.165) is 11.1 Å². The second-order valence-corrected chi connectivity index (χ2v) is 2.83.